The monoisotopic (exact) mass is 245 g/mol. The standard InChI is InChI=1S/C13H19N5/c1-9-5-12-13(15-3-4-18(12)16-9)17(2)8-10-6-11(14)7-10/h3-5,10-11H,6-8,14H2,1-2H3. The van der Waals surface area contributed by atoms with Gasteiger partial charge < -0.3 is 10.6 Å². The van der Waals surface area contributed by atoms with Crippen LogP contribution in [0.4, 0.5) is 5.82 Å². The molecule has 2 heterocycles. The van der Waals surface area contributed by atoms with E-state index in [-0.39, 0.29) is 0 Å². The minimum absolute atomic E-state index is 0.407. The summed E-state index contributed by atoms with van der Waals surface area (Å²) in [7, 11) is 2.09. The number of aryl methyl sites for hydroxylation is 1. The minimum Gasteiger partial charge on any atom is -0.358 e. The number of nitrogens with two attached hydrogens (primary N) is 1. The molecule has 0 spiro atoms. The fraction of sp³-hybridized carbons (Fsp3) is 0.538. The maximum atomic E-state index is 5.83. The lowest BCUT2D eigenvalue weighted by Gasteiger charge is -2.35. The topological polar surface area (TPSA) is 59.5 Å². The van der Waals surface area contributed by atoms with Crippen LogP contribution in [0.3, 0.4) is 0 Å². The summed E-state index contributed by atoms with van der Waals surface area (Å²) >= 11 is 0. The van der Waals surface area contributed by atoms with Crippen molar-refractivity contribution in [1.29, 1.82) is 0 Å². The van der Waals surface area contributed by atoms with Crippen LogP contribution in [0.5, 0.6) is 0 Å². The lowest BCUT2D eigenvalue weighted by Crippen LogP contribution is -2.42. The molecular formula is C13H19N5. The molecule has 1 aliphatic carbocycles. The van der Waals surface area contributed by atoms with Gasteiger partial charge in [0.25, 0.3) is 0 Å². The highest BCUT2D eigenvalue weighted by atomic mass is 15.3. The van der Waals surface area contributed by atoms with Gasteiger partial charge in [0.15, 0.2) is 5.82 Å². The summed E-state index contributed by atoms with van der Waals surface area (Å²) in [6.45, 7) is 3.02. The summed E-state index contributed by atoms with van der Waals surface area (Å²) in [5, 5.41) is 4.41. The van der Waals surface area contributed by atoms with Gasteiger partial charge in [-0.2, -0.15) is 5.10 Å². The average molecular weight is 245 g/mol. The van der Waals surface area contributed by atoms with Crippen LogP contribution in [0, 0.1) is 12.8 Å². The lowest BCUT2D eigenvalue weighted by molar-refractivity contribution is 0.271. The maximum Gasteiger partial charge on any atom is 0.154 e. The summed E-state index contributed by atoms with van der Waals surface area (Å²) in [4.78, 5) is 6.70. The van der Waals surface area contributed by atoms with Gasteiger partial charge in [0.1, 0.15) is 5.52 Å². The highest BCUT2D eigenvalue weighted by molar-refractivity contribution is 5.68. The van der Waals surface area contributed by atoms with Crippen LogP contribution in [0.2, 0.25) is 0 Å². The molecule has 2 aromatic heterocycles. The van der Waals surface area contributed by atoms with E-state index >= 15 is 0 Å². The van der Waals surface area contributed by atoms with Crippen LogP contribution in [-0.4, -0.2) is 34.2 Å². The predicted octanol–water partition coefficient (Wildman–Crippen LogP) is 1.21. The maximum absolute atomic E-state index is 5.83. The number of anilines is 1. The summed E-state index contributed by atoms with van der Waals surface area (Å²) in [5.41, 5.74) is 7.92. The number of aromatic nitrogens is 3. The number of hydrogen-bond donors (Lipinski definition) is 1. The quantitative estimate of drug-likeness (QED) is 0.883. The second-order valence-corrected chi connectivity index (χ2v) is 5.34. The molecule has 96 valence electrons. The Kier molecular flexibility index (Phi) is 2.70. The van der Waals surface area contributed by atoms with Gasteiger partial charge in [-0.3, -0.25) is 0 Å². The Labute approximate surface area is 107 Å². The van der Waals surface area contributed by atoms with Gasteiger partial charge in [0, 0.05) is 32.0 Å². The van der Waals surface area contributed by atoms with Crippen LogP contribution < -0.4 is 10.6 Å². The second-order valence-electron chi connectivity index (χ2n) is 5.34. The largest absolute Gasteiger partial charge is 0.358 e. The molecule has 1 saturated carbocycles. The molecule has 0 bridgehead atoms. The van der Waals surface area contributed by atoms with E-state index in [1.165, 1.54) is 0 Å². The van der Waals surface area contributed by atoms with E-state index in [2.05, 4.69) is 28.1 Å². The Morgan fingerprint density at radius 2 is 2.28 bits per heavy atom. The number of fused-ring (bicyclic) bond motifs is 1. The van der Waals surface area contributed by atoms with E-state index in [1.807, 2.05) is 17.6 Å². The highest BCUT2D eigenvalue weighted by Gasteiger charge is 2.27. The van der Waals surface area contributed by atoms with Crippen molar-refractivity contribution in [3.8, 4) is 0 Å². The second kappa shape index (κ2) is 4.24. The zero-order chi connectivity index (χ0) is 12.7. The molecule has 1 fully saturated rings. The van der Waals surface area contributed by atoms with Gasteiger partial charge in [0.2, 0.25) is 0 Å². The van der Waals surface area contributed by atoms with Crippen molar-refractivity contribution < 1.29 is 0 Å². The van der Waals surface area contributed by atoms with Crippen LogP contribution in [0.15, 0.2) is 18.5 Å². The molecule has 0 radical (unpaired) electrons. The van der Waals surface area contributed by atoms with E-state index in [0.717, 1.165) is 36.4 Å². The smallest absolute Gasteiger partial charge is 0.154 e. The van der Waals surface area contributed by atoms with Gasteiger partial charge >= 0.3 is 0 Å². The Hall–Kier alpha value is -1.62. The number of rotatable bonds is 3. The van der Waals surface area contributed by atoms with Crippen molar-refractivity contribution in [3.05, 3.63) is 24.2 Å². The molecule has 5 heteroatoms. The van der Waals surface area contributed by atoms with E-state index in [1.54, 1.807) is 6.20 Å². The van der Waals surface area contributed by atoms with E-state index < -0.39 is 0 Å². The van der Waals surface area contributed by atoms with Crippen molar-refractivity contribution in [1.82, 2.24) is 14.6 Å². The van der Waals surface area contributed by atoms with Crippen molar-refractivity contribution in [2.24, 2.45) is 11.7 Å². The summed E-state index contributed by atoms with van der Waals surface area (Å²) in [6.07, 6.45) is 5.95. The van der Waals surface area contributed by atoms with E-state index in [9.17, 15) is 0 Å². The third kappa shape index (κ3) is 1.95. The molecule has 5 nitrogen and oxygen atoms in total. The molecule has 1 aliphatic rings. The fourth-order valence-corrected chi connectivity index (χ4v) is 2.73. The first-order valence-corrected chi connectivity index (χ1v) is 6.41. The fourth-order valence-electron chi connectivity index (χ4n) is 2.73. The van der Waals surface area contributed by atoms with Crippen LogP contribution in [-0.2, 0) is 0 Å². The predicted molar refractivity (Wildman–Crippen MR) is 71.7 cm³/mol. The molecule has 18 heavy (non-hydrogen) atoms. The Morgan fingerprint density at radius 1 is 1.50 bits per heavy atom. The van der Waals surface area contributed by atoms with Crippen LogP contribution in [0.1, 0.15) is 18.5 Å². The summed E-state index contributed by atoms with van der Waals surface area (Å²) in [6, 6.07) is 2.48. The molecule has 2 aromatic rings. The molecule has 0 aliphatic heterocycles. The third-order valence-corrected chi connectivity index (χ3v) is 3.66. The van der Waals surface area contributed by atoms with Gasteiger partial charge in [-0.15, -0.1) is 0 Å². The van der Waals surface area contributed by atoms with E-state index in [0.29, 0.717) is 12.0 Å². The first kappa shape index (κ1) is 11.5. The lowest BCUT2D eigenvalue weighted by atomic mass is 9.80. The van der Waals surface area contributed by atoms with Gasteiger partial charge in [0.05, 0.1) is 5.69 Å². The summed E-state index contributed by atoms with van der Waals surface area (Å²) < 4.78 is 1.89. The van der Waals surface area contributed by atoms with Crippen molar-refractivity contribution in [3.63, 3.8) is 0 Å². The molecule has 0 atom stereocenters. The van der Waals surface area contributed by atoms with Crippen LogP contribution in [0.25, 0.3) is 5.52 Å². The Bertz CT molecular complexity index is 556. The molecule has 2 N–H and O–H groups in total. The highest BCUT2D eigenvalue weighted by Crippen LogP contribution is 2.28. The van der Waals surface area contributed by atoms with Crippen molar-refractivity contribution in [2.75, 3.05) is 18.5 Å². The molecule has 0 amide bonds. The van der Waals surface area contributed by atoms with Gasteiger partial charge in [-0.05, 0) is 31.7 Å². The zero-order valence-electron chi connectivity index (χ0n) is 10.9. The van der Waals surface area contributed by atoms with E-state index in [4.69, 9.17) is 5.73 Å². The normalized spacial score (nSPS) is 23.1. The molecule has 0 unspecified atom stereocenters. The van der Waals surface area contributed by atoms with Gasteiger partial charge in [-0.25, -0.2) is 9.50 Å². The minimum atomic E-state index is 0.407. The Balaban J connectivity index is 1.84. The van der Waals surface area contributed by atoms with Crippen molar-refractivity contribution >= 4 is 11.3 Å². The first-order valence-electron chi connectivity index (χ1n) is 6.41. The SMILES string of the molecule is Cc1cc2c(N(C)CC3CC(N)C3)nccn2n1. The van der Waals surface area contributed by atoms with Gasteiger partial charge in [-0.1, -0.05) is 0 Å². The molecule has 0 saturated heterocycles. The first-order chi connectivity index (χ1) is 8.63. The number of nitrogens with zero attached hydrogens (tertiary/aromatic N) is 4. The number of hydrogen-bond acceptors (Lipinski definition) is 4. The third-order valence-electron chi connectivity index (χ3n) is 3.66. The summed E-state index contributed by atoms with van der Waals surface area (Å²) in [5.74, 6) is 1.70. The average Bonchev–Trinajstić information content (AvgIpc) is 2.66. The Morgan fingerprint density at radius 3 is 3.00 bits per heavy atom. The van der Waals surface area contributed by atoms with Crippen LogP contribution >= 0.6 is 0 Å². The molecular weight excluding hydrogens is 226 g/mol. The van der Waals surface area contributed by atoms with Crippen molar-refractivity contribution in [2.45, 2.75) is 25.8 Å². The zero-order valence-corrected chi connectivity index (χ0v) is 10.9. The molecule has 3 rings (SSSR count). The molecule has 0 aromatic carbocycles.